The van der Waals surface area contributed by atoms with Crippen LogP contribution in [0.25, 0.3) is 0 Å². The van der Waals surface area contributed by atoms with Gasteiger partial charge in [0.25, 0.3) is 0 Å². The second-order valence-electron chi connectivity index (χ2n) is 5.48. The summed E-state index contributed by atoms with van der Waals surface area (Å²) >= 11 is 0. The van der Waals surface area contributed by atoms with Crippen LogP contribution in [0.3, 0.4) is 0 Å². The van der Waals surface area contributed by atoms with Crippen LogP contribution in [0.2, 0.25) is 0 Å². The van der Waals surface area contributed by atoms with Gasteiger partial charge in [-0.15, -0.1) is 0 Å². The average molecular weight is 341 g/mol. The lowest BCUT2D eigenvalue weighted by Crippen LogP contribution is -2.26. The lowest BCUT2D eigenvalue weighted by Gasteiger charge is -2.13. The fraction of sp³-hybridized carbons (Fsp3) is 0.500. The Morgan fingerprint density at radius 3 is 2.22 bits per heavy atom. The van der Waals surface area contributed by atoms with Crippen molar-refractivity contribution in [3.05, 3.63) is 35.9 Å². The summed E-state index contributed by atoms with van der Waals surface area (Å²) in [5, 5.41) is 17.9. The molecule has 7 heteroatoms. The van der Waals surface area contributed by atoms with Crippen molar-refractivity contribution >= 4 is 20.0 Å². The van der Waals surface area contributed by atoms with E-state index < -0.39 is 31.5 Å². The van der Waals surface area contributed by atoms with Crippen molar-refractivity contribution in [1.29, 1.82) is 0 Å². The van der Waals surface area contributed by atoms with E-state index in [1.807, 2.05) is 30.3 Å². The predicted molar refractivity (Wildman–Crippen MR) is 85.6 cm³/mol. The third kappa shape index (κ3) is 7.35. The monoisotopic (exact) mass is 341 g/mol. The standard InChI is InChI=1S/C16H21O6P/c17-15(18)11-10-13(16(19)20)14(23(21)22)9-5-4-8-12-6-2-1-3-7-12/h1-3,6-7,13-14H,4-5,8-11H2,(H2-,17,18,19,20,21,22)/p+1. The number of aliphatic carboxylic acids is 2. The Hall–Kier alpha value is -1.78. The number of benzene rings is 1. The molecule has 0 aliphatic carbocycles. The van der Waals surface area contributed by atoms with Crippen molar-refractivity contribution < 1.29 is 29.3 Å². The molecule has 0 spiro atoms. The first-order valence-electron chi connectivity index (χ1n) is 7.55. The van der Waals surface area contributed by atoms with Crippen LogP contribution in [0.4, 0.5) is 0 Å². The molecule has 1 aromatic carbocycles. The molecule has 126 valence electrons. The Morgan fingerprint density at radius 1 is 1.04 bits per heavy atom. The zero-order chi connectivity index (χ0) is 17.2. The third-order valence-corrected chi connectivity index (χ3v) is 4.98. The molecule has 0 aliphatic heterocycles. The van der Waals surface area contributed by atoms with Crippen LogP contribution in [0.5, 0.6) is 0 Å². The van der Waals surface area contributed by atoms with Crippen molar-refractivity contribution in [3.63, 3.8) is 0 Å². The Labute approximate surface area is 136 Å². The number of carboxylic acid groups (broad SMARTS) is 2. The van der Waals surface area contributed by atoms with E-state index >= 15 is 0 Å². The minimum Gasteiger partial charge on any atom is -0.481 e. The Kier molecular flexibility index (Phi) is 8.45. The Morgan fingerprint density at radius 2 is 1.70 bits per heavy atom. The van der Waals surface area contributed by atoms with E-state index in [0.717, 1.165) is 18.4 Å². The maximum atomic E-state index is 11.5. The lowest BCUT2D eigenvalue weighted by molar-refractivity contribution is -0.143. The zero-order valence-corrected chi connectivity index (χ0v) is 13.7. The maximum Gasteiger partial charge on any atom is 0.509 e. The number of aryl methyl sites for hydroxylation is 1. The van der Waals surface area contributed by atoms with Gasteiger partial charge in [0.2, 0.25) is 5.66 Å². The summed E-state index contributed by atoms with van der Waals surface area (Å²) in [6.45, 7) is 0. The SMILES string of the molecule is O=C(O)CCC(C(=O)O)C(CCCCc1ccccc1)[P+](=O)O. The minimum absolute atomic E-state index is 0.129. The van der Waals surface area contributed by atoms with E-state index in [1.54, 1.807) is 0 Å². The van der Waals surface area contributed by atoms with E-state index in [-0.39, 0.29) is 12.8 Å². The number of hydrogen-bond acceptors (Lipinski definition) is 3. The quantitative estimate of drug-likeness (QED) is 0.421. The van der Waals surface area contributed by atoms with Gasteiger partial charge in [0.1, 0.15) is 5.92 Å². The highest BCUT2D eigenvalue weighted by molar-refractivity contribution is 7.39. The summed E-state index contributed by atoms with van der Waals surface area (Å²) in [5.41, 5.74) is 0.260. The minimum atomic E-state index is -2.66. The average Bonchev–Trinajstić information content (AvgIpc) is 2.49. The fourth-order valence-electron chi connectivity index (χ4n) is 2.55. The van der Waals surface area contributed by atoms with Crippen molar-refractivity contribution in [3.8, 4) is 0 Å². The topological polar surface area (TPSA) is 112 Å². The molecule has 0 fully saturated rings. The van der Waals surface area contributed by atoms with Gasteiger partial charge in [0, 0.05) is 6.42 Å². The molecule has 0 bridgehead atoms. The largest absolute Gasteiger partial charge is 0.509 e. The molecule has 0 amide bonds. The fourth-order valence-corrected chi connectivity index (χ4v) is 3.54. The van der Waals surface area contributed by atoms with Crippen LogP contribution in [-0.2, 0) is 20.6 Å². The molecular formula is C16H22O6P+. The first-order valence-corrected chi connectivity index (χ1v) is 8.83. The Bertz CT molecular complexity index is 531. The molecule has 0 saturated heterocycles. The highest BCUT2D eigenvalue weighted by atomic mass is 31.1. The van der Waals surface area contributed by atoms with Crippen LogP contribution in [0.15, 0.2) is 30.3 Å². The molecule has 0 aromatic heterocycles. The zero-order valence-electron chi connectivity index (χ0n) is 12.8. The van der Waals surface area contributed by atoms with Gasteiger partial charge in [-0.25, -0.2) is 0 Å². The summed E-state index contributed by atoms with van der Waals surface area (Å²) in [7, 11) is -2.66. The first-order chi connectivity index (χ1) is 10.9. The number of hydrogen-bond donors (Lipinski definition) is 3. The summed E-state index contributed by atoms with van der Waals surface area (Å²) in [6.07, 6.45) is 2.08. The van der Waals surface area contributed by atoms with E-state index in [9.17, 15) is 24.2 Å². The molecule has 0 aliphatic rings. The van der Waals surface area contributed by atoms with Crippen LogP contribution < -0.4 is 0 Å². The molecular weight excluding hydrogens is 319 g/mol. The number of unbranched alkanes of at least 4 members (excludes halogenated alkanes) is 1. The Balaban J connectivity index is 2.53. The second-order valence-corrected chi connectivity index (χ2v) is 6.75. The molecule has 6 nitrogen and oxygen atoms in total. The summed E-state index contributed by atoms with van der Waals surface area (Å²) < 4.78 is 11.5. The van der Waals surface area contributed by atoms with Gasteiger partial charge in [-0.2, -0.15) is 4.89 Å². The van der Waals surface area contributed by atoms with Crippen LogP contribution >= 0.6 is 8.03 Å². The van der Waals surface area contributed by atoms with Crippen LogP contribution in [0.1, 0.15) is 37.7 Å². The van der Waals surface area contributed by atoms with Crippen LogP contribution in [-0.4, -0.2) is 32.7 Å². The van der Waals surface area contributed by atoms with Gasteiger partial charge in [-0.1, -0.05) is 30.3 Å². The highest BCUT2D eigenvalue weighted by Gasteiger charge is 2.41. The lowest BCUT2D eigenvalue weighted by atomic mass is 9.95. The van der Waals surface area contributed by atoms with Crippen molar-refractivity contribution in [2.75, 3.05) is 0 Å². The highest BCUT2D eigenvalue weighted by Crippen LogP contribution is 2.35. The van der Waals surface area contributed by atoms with E-state index in [0.29, 0.717) is 12.8 Å². The molecule has 1 rings (SSSR count). The van der Waals surface area contributed by atoms with Gasteiger partial charge < -0.3 is 10.2 Å². The molecule has 0 saturated carbocycles. The van der Waals surface area contributed by atoms with Crippen molar-refractivity contribution in [1.82, 2.24) is 0 Å². The molecule has 0 heterocycles. The third-order valence-electron chi connectivity index (χ3n) is 3.79. The van der Waals surface area contributed by atoms with Gasteiger partial charge in [-0.3, -0.25) is 9.59 Å². The van der Waals surface area contributed by atoms with Crippen molar-refractivity contribution in [2.45, 2.75) is 44.2 Å². The van der Waals surface area contributed by atoms with E-state index in [1.165, 1.54) is 0 Å². The van der Waals surface area contributed by atoms with Gasteiger partial charge in [0.15, 0.2) is 0 Å². The molecule has 23 heavy (non-hydrogen) atoms. The van der Waals surface area contributed by atoms with Gasteiger partial charge >= 0.3 is 20.0 Å². The smallest absolute Gasteiger partial charge is 0.481 e. The summed E-state index contributed by atoms with van der Waals surface area (Å²) in [4.78, 5) is 31.3. The molecule has 3 N–H and O–H groups in total. The van der Waals surface area contributed by atoms with Crippen LogP contribution in [0, 0.1) is 5.92 Å². The maximum absolute atomic E-state index is 11.5. The number of rotatable bonds is 11. The molecule has 0 radical (unpaired) electrons. The van der Waals surface area contributed by atoms with Gasteiger partial charge in [-0.05, 0) is 42.2 Å². The molecule has 3 atom stereocenters. The molecule has 3 unspecified atom stereocenters. The van der Waals surface area contributed by atoms with E-state index in [2.05, 4.69) is 0 Å². The summed E-state index contributed by atoms with van der Waals surface area (Å²) in [5.74, 6) is -3.42. The van der Waals surface area contributed by atoms with E-state index in [4.69, 9.17) is 5.11 Å². The second kappa shape index (κ2) is 10.1. The van der Waals surface area contributed by atoms with Crippen molar-refractivity contribution in [2.24, 2.45) is 5.92 Å². The number of carbonyl (C=O) groups is 2. The molecule has 1 aromatic rings. The first kappa shape index (κ1) is 19.3. The summed E-state index contributed by atoms with van der Waals surface area (Å²) in [6, 6.07) is 9.80. The van der Waals surface area contributed by atoms with Gasteiger partial charge in [0.05, 0.1) is 0 Å². The number of carboxylic acids is 2. The normalized spacial score (nSPS) is 14.0. The predicted octanol–water partition coefficient (Wildman–Crippen LogP) is 3.07.